The van der Waals surface area contributed by atoms with Crippen LogP contribution in [-0.2, 0) is 4.79 Å². The summed E-state index contributed by atoms with van der Waals surface area (Å²) < 4.78 is 0. The van der Waals surface area contributed by atoms with E-state index < -0.39 is 5.41 Å². The predicted octanol–water partition coefficient (Wildman–Crippen LogP) is 1.64. The van der Waals surface area contributed by atoms with Crippen molar-refractivity contribution >= 4 is 17.9 Å². The van der Waals surface area contributed by atoms with Gasteiger partial charge >= 0.3 is 6.03 Å². The molecule has 158 valence electrons. The topological polar surface area (TPSA) is 90.5 Å². The monoisotopic (exact) mass is 400 g/mol. The van der Waals surface area contributed by atoms with Gasteiger partial charge in [0.2, 0.25) is 11.9 Å². The summed E-state index contributed by atoms with van der Waals surface area (Å²) in [4.78, 5) is 38.9. The molecule has 0 spiro atoms. The summed E-state index contributed by atoms with van der Waals surface area (Å²) in [7, 11) is 0. The maximum atomic E-state index is 13.4. The maximum absolute atomic E-state index is 13.4. The van der Waals surface area contributed by atoms with Crippen molar-refractivity contribution in [1.82, 2.24) is 25.5 Å². The molecule has 0 radical (unpaired) electrons. The van der Waals surface area contributed by atoms with Crippen LogP contribution in [0.15, 0.2) is 18.5 Å². The van der Waals surface area contributed by atoms with Crippen LogP contribution in [0.1, 0.15) is 39.5 Å². The van der Waals surface area contributed by atoms with E-state index in [4.69, 9.17) is 0 Å². The second-order valence-corrected chi connectivity index (χ2v) is 9.09. The minimum absolute atomic E-state index is 0.0383. The molecule has 2 N–H and O–H groups in total. The fourth-order valence-electron chi connectivity index (χ4n) is 4.67. The van der Waals surface area contributed by atoms with Gasteiger partial charge < -0.3 is 20.4 Å². The molecule has 1 aliphatic carbocycles. The van der Waals surface area contributed by atoms with Crippen LogP contribution in [0, 0.1) is 17.3 Å². The molecule has 2 aliphatic heterocycles. The summed E-state index contributed by atoms with van der Waals surface area (Å²) >= 11 is 0. The first-order valence-corrected chi connectivity index (χ1v) is 10.8. The lowest BCUT2D eigenvalue weighted by atomic mass is 9.74. The van der Waals surface area contributed by atoms with Gasteiger partial charge in [0.1, 0.15) is 0 Å². The molecule has 1 aromatic rings. The third kappa shape index (κ3) is 4.31. The van der Waals surface area contributed by atoms with Crippen LogP contribution in [0.25, 0.3) is 0 Å². The SMILES string of the molecule is CC(C)NC(=O)N1CCC[C@]2(C(=O)NCC3CC3)CN(c3ncccn3)C[C@@H]2C1. The van der Waals surface area contributed by atoms with Gasteiger partial charge in [-0.1, -0.05) is 0 Å². The van der Waals surface area contributed by atoms with E-state index >= 15 is 0 Å². The average Bonchev–Trinajstić information content (AvgIpc) is 3.49. The third-order valence-electron chi connectivity index (χ3n) is 6.42. The molecule has 3 aliphatic rings. The smallest absolute Gasteiger partial charge is 0.317 e. The van der Waals surface area contributed by atoms with Crippen molar-refractivity contribution in [2.24, 2.45) is 17.3 Å². The normalized spacial score (nSPS) is 26.8. The van der Waals surface area contributed by atoms with Crippen molar-refractivity contribution in [3.05, 3.63) is 18.5 Å². The molecule has 2 atom stereocenters. The fraction of sp³-hybridized carbons (Fsp3) is 0.714. The Balaban J connectivity index is 1.56. The van der Waals surface area contributed by atoms with Gasteiger partial charge in [-0.3, -0.25) is 4.79 Å². The van der Waals surface area contributed by atoms with Gasteiger partial charge in [0.25, 0.3) is 0 Å². The van der Waals surface area contributed by atoms with E-state index in [1.54, 1.807) is 18.5 Å². The van der Waals surface area contributed by atoms with Crippen LogP contribution in [-0.4, -0.2) is 65.6 Å². The van der Waals surface area contributed by atoms with E-state index in [2.05, 4.69) is 25.5 Å². The number of amides is 3. The first-order valence-electron chi connectivity index (χ1n) is 10.8. The molecule has 3 heterocycles. The number of carbonyl (C=O) groups is 2. The van der Waals surface area contributed by atoms with Crippen molar-refractivity contribution in [1.29, 1.82) is 0 Å². The molecular weight excluding hydrogens is 368 g/mol. The highest BCUT2D eigenvalue weighted by Gasteiger charge is 2.54. The molecule has 0 bridgehead atoms. The summed E-state index contributed by atoms with van der Waals surface area (Å²) in [5.74, 6) is 1.50. The van der Waals surface area contributed by atoms with Gasteiger partial charge in [-0.2, -0.15) is 0 Å². The third-order valence-corrected chi connectivity index (χ3v) is 6.42. The van der Waals surface area contributed by atoms with Crippen LogP contribution in [0.4, 0.5) is 10.7 Å². The van der Waals surface area contributed by atoms with E-state index in [9.17, 15) is 9.59 Å². The molecule has 1 saturated carbocycles. The van der Waals surface area contributed by atoms with Crippen LogP contribution < -0.4 is 15.5 Å². The molecule has 8 heteroatoms. The van der Waals surface area contributed by atoms with Gasteiger partial charge in [0.15, 0.2) is 0 Å². The Labute approximate surface area is 172 Å². The number of urea groups is 1. The van der Waals surface area contributed by atoms with Gasteiger partial charge in [-0.25, -0.2) is 14.8 Å². The summed E-state index contributed by atoms with van der Waals surface area (Å²) in [5, 5.41) is 6.23. The lowest BCUT2D eigenvalue weighted by molar-refractivity contribution is -0.132. The Bertz CT molecular complexity index is 738. The highest BCUT2D eigenvalue weighted by molar-refractivity contribution is 5.85. The summed E-state index contributed by atoms with van der Waals surface area (Å²) in [6, 6.07) is 1.85. The molecule has 4 rings (SSSR count). The van der Waals surface area contributed by atoms with E-state index in [0.29, 0.717) is 38.0 Å². The van der Waals surface area contributed by atoms with Gasteiger partial charge in [-0.05, 0) is 51.5 Å². The number of hydrogen-bond donors (Lipinski definition) is 2. The van der Waals surface area contributed by atoms with Crippen LogP contribution in [0.2, 0.25) is 0 Å². The summed E-state index contributed by atoms with van der Waals surface area (Å²) in [6.45, 7) is 7.27. The zero-order valence-corrected chi connectivity index (χ0v) is 17.4. The first-order chi connectivity index (χ1) is 14.0. The van der Waals surface area contributed by atoms with Crippen LogP contribution in [0.3, 0.4) is 0 Å². The number of likely N-dealkylation sites (tertiary alicyclic amines) is 1. The largest absolute Gasteiger partial charge is 0.355 e. The van der Waals surface area contributed by atoms with E-state index in [0.717, 1.165) is 19.4 Å². The van der Waals surface area contributed by atoms with E-state index in [-0.39, 0.29) is 23.9 Å². The Morgan fingerprint density at radius 3 is 2.69 bits per heavy atom. The molecule has 29 heavy (non-hydrogen) atoms. The van der Waals surface area contributed by atoms with Crippen LogP contribution >= 0.6 is 0 Å². The van der Waals surface area contributed by atoms with Crippen LogP contribution in [0.5, 0.6) is 0 Å². The number of rotatable bonds is 5. The quantitative estimate of drug-likeness (QED) is 0.784. The average molecular weight is 401 g/mol. The minimum atomic E-state index is -0.499. The number of anilines is 1. The Morgan fingerprint density at radius 1 is 1.24 bits per heavy atom. The molecule has 2 saturated heterocycles. The zero-order chi connectivity index (χ0) is 20.4. The van der Waals surface area contributed by atoms with Gasteiger partial charge in [0, 0.05) is 57.1 Å². The Hall–Kier alpha value is -2.38. The van der Waals surface area contributed by atoms with Crippen molar-refractivity contribution in [3.8, 4) is 0 Å². The van der Waals surface area contributed by atoms with Crippen molar-refractivity contribution in [2.75, 3.05) is 37.6 Å². The predicted molar refractivity (Wildman–Crippen MR) is 110 cm³/mol. The Morgan fingerprint density at radius 2 is 2.00 bits per heavy atom. The fourth-order valence-corrected chi connectivity index (χ4v) is 4.67. The minimum Gasteiger partial charge on any atom is -0.355 e. The molecule has 3 amide bonds. The second-order valence-electron chi connectivity index (χ2n) is 9.09. The molecule has 0 unspecified atom stereocenters. The Kier molecular flexibility index (Phi) is 5.61. The van der Waals surface area contributed by atoms with Gasteiger partial charge in [0.05, 0.1) is 5.41 Å². The maximum Gasteiger partial charge on any atom is 0.317 e. The highest BCUT2D eigenvalue weighted by Crippen LogP contribution is 2.44. The van der Waals surface area contributed by atoms with E-state index in [1.807, 2.05) is 18.7 Å². The number of fused-ring (bicyclic) bond motifs is 1. The number of hydrogen-bond acceptors (Lipinski definition) is 5. The molecule has 0 aromatic carbocycles. The molecule has 8 nitrogen and oxygen atoms in total. The first kappa shape index (κ1) is 19.9. The van der Waals surface area contributed by atoms with Crippen molar-refractivity contribution in [2.45, 2.75) is 45.6 Å². The van der Waals surface area contributed by atoms with E-state index in [1.165, 1.54) is 12.8 Å². The number of carbonyl (C=O) groups excluding carboxylic acids is 2. The summed E-state index contributed by atoms with van der Waals surface area (Å²) in [6.07, 6.45) is 7.50. The number of aromatic nitrogens is 2. The summed E-state index contributed by atoms with van der Waals surface area (Å²) in [5.41, 5.74) is -0.499. The lowest BCUT2D eigenvalue weighted by Gasteiger charge is -2.32. The molecule has 1 aromatic heterocycles. The highest BCUT2D eigenvalue weighted by atomic mass is 16.2. The zero-order valence-electron chi connectivity index (χ0n) is 17.4. The van der Waals surface area contributed by atoms with Crippen molar-refractivity contribution < 1.29 is 9.59 Å². The molecular formula is C21H32N6O2. The lowest BCUT2D eigenvalue weighted by Crippen LogP contribution is -2.50. The number of nitrogens with zero attached hydrogens (tertiary/aromatic N) is 4. The standard InChI is InChI=1S/C21H32N6O2/c1-15(2)25-20(29)26-10-3-7-21(18(28)24-11-16-5-6-16)14-27(13-17(21)12-26)19-22-8-4-9-23-19/h4,8-9,15-17H,3,5-7,10-14H2,1-2H3,(H,24,28)(H,25,29)/t17-,21-/m0/s1. The van der Waals surface area contributed by atoms with Crippen molar-refractivity contribution in [3.63, 3.8) is 0 Å². The molecule has 3 fully saturated rings. The number of nitrogens with one attached hydrogen (secondary N) is 2. The second kappa shape index (κ2) is 8.16. The van der Waals surface area contributed by atoms with Gasteiger partial charge in [-0.15, -0.1) is 0 Å².